The van der Waals surface area contributed by atoms with Gasteiger partial charge in [0.05, 0.1) is 12.2 Å². The smallest absolute Gasteiger partial charge is 0.329 e. The van der Waals surface area contributed by atoms with Gasteiger partial charge in [0.2, 0.25) is 15.9 Å². The molecule has 0 radical (unpaired) electrons. The molecule has 1 aliphatic carbocycles. The highest BCUT2D eigenvalue weighted by Gasteiger charge is 2.42. The normalized spacial score (nSPS) is 26.3. The van der Waals surface area contributed by atoms with Gasteiger partial charge in [-0.3, -0.25) is 4.79 Å². The molecular weight excluding hydrogens is 308 g/mol. The lowest BCUT2D eigenvalue weighted by Gasteiger charge is -2.37. The molecule has 1 heterocycles. The number of carboxylic acid groups (broad SMARTS) is 1. The summed E-state index contributed by atoms with van der Waals surface area (Å²) in [4.78, 5) is 24.0. The molecule has 0 unspecified atom stereocenters. The van der Waals surface area contributed by atoms with E-state index in [0.717, 1.165) is 25.5 Å². The summed E-state index contributed by atoms with van der Waals surface area (Å²) in [5, 5.41) is 12.2. The molecule has 0 bridgehead atoms. The highest BCUT2D eigenvalue weighted by atomic mass is 32.2. The van der Waals surface area contributed by atoms with Crippen LogP contribution in [0.4, 0.5) is 0 Å². The molecule has 1 atom stereocenters. The topological polar surface area (TPSA) is 104 Å². The van der Waals surface area contributed by atoms with Crippen molar-refractivity contribution in [1.29, 1.82) is 0 Å². The quantitative estimate of drug-likeness (QED) is 0.783. The third-order valence-electron chi connectivity index (χ3n) is 4.70. The third-order valence-corrected chi connectivity index (χ3v) is 5.97. The summed E-state index contributed by atoms with van der Waals surface area (Å²) in [5.41, 5.74) is -1.18. The predicted molar refractivity (Wildman–Crippen MR) is 80.7 cm³/mol. The van der Waals surface area contributed by atoms with Crippen LogP contribution in [0.5, 0.6) is 0 Å². The number of hydrogen-bond acceptors (Lipinski definition) is 4. The summed E-state index contributed by atoms with van der Waals surface area (Å²) >= 11 is 0. The Morgan fingerprint density at radius 2 is 1.82 bits per heavy atom. The van der Waals surface area contributed by atoms with Crippen LogP contribution >= 0.6 is 0 Å². The fraction of sp³-hybridized carbons (Fsp3) is 0.857. The van der Waals surface area contributed by atoms with E-state index in [1.165, 1.54) is 4.31 Å². The molecular formula is C14H24N2O5S. The Hall–Kier alpha value is -1.15. The number of nitrogens with zero attached hydrogens (tertiary/aromatic N) is 1. The van der Waals surface area contributed by atoms with Crippen molar-refractivity contribution in [2.75, 3.05) is 19.3 Å². The molecule has 0 spiro atoms. The van der Waals surface area contributed by atoms with Crippen molar-refractivity contribution in [2.45, 2.75) is 50.5 Å². The van der Waals surface area contributed by atoms with Gasteiger partial charge in [0.15, 0.2) is 0 Å². The summed E-state index contributed by atoms with van der Waals surface area (Å²) < 4.78 is 24.5. The maximum atomic E-state index is 12.5. The van der Waals surface area contributed by atoms with E-state index < -0.39 is 27.4 Å². The number of piperidine rings is 1. The van der Waals surface area contributed by atoms with E-state index in [1.807, 2.05) is 0 Å². The lowest BCUT2D eigenvalue weighted by atomic mass is 9.81. The number of nitrogens with one attached hydrogen (secondary N) is 1. The second-order valence-corrected chi connectivity index (χ2v) is 8.38. The number of amides is 1. The minimum atomic E-state index is -3.32. The number of carbonyl (C=O) groups excluding carboxylic acids is 1. The summed E-state index contributed by atoms with van der Waals surface area (Å²) in [7, 11) is -3.32. The van der Waals surface area contributed by atoms with E-state index >= 15 is 0 Å². The number of carboxylic acids is 1. The molecule has 126 valence electrons. The first-order valence-electron chi connectivity index (χ1n) is 7.75. The minimum absolute atomic E-state index is 0.139. The number of hydrogen-bond donors (Lipinski definition) is 2. The fourth-order valence-electron chi connectivity index (χ4n) is 3.34. The van der Waals surface area contributed by atoms with Crippen LogP contribution in [0.2, 0.25) is 0 Å². The second kappa shape index (κ2) is 6.54. The van der Waals surface area contributed by atoms with Gasteiger partial charge >= 0.3 is 5.97 Å². The van der Waals surface area contributed by atoms with E-state index in [-0.39, 0.29) is 12.5 Å². The van der Waals surface area contributed by atoms with E-state index in [2.05, 4.69) is 5.32 Å². The van der Waals surface area contributed by atoms with Crippen LogP contribution in [-0.2, 0) is 19.6 Å². The molecule has 1 saturated carbocycles. The highest BCUT2D eigenvalue weighted by molar-refractivity contribution is 7.88. The van der Waals surface area contributed by atoms with Gasteiger partial charge in [-0.1, -0.05) is 19.3 Å². The van der Waals surface area contributed by atoms with Gasteiger partial charge in [-0.2, -0.15) is 0 Å². The van der Waals surface area contributed by atoms with Crippen molar-refractivity contribution in [3.8, 4) is 0 Å². The molecule has 0 aromatic carbocycles. The maximum Gasteiger partial charge on any atom is 0.329 e. The zero-order valence-corrected chi connectivity index (χ0v) is 13.7. The van der Waals surface area contributed by atoms with Crippen molar-refractivity contribution >= 4 is 21.9 Å². The Morgan fingerprint density at radius 1 is 1.18 bits per heavy atom. The van der Waals surface area contributed by atoms with Gasteiger partial charge in [-0.25, -0.2) is 17.5 Å². The summed E-state index contributed by atoms with van der Waals surface area (Å²) in [6, 6.07) is 0. The van der Waals surface area contributed by atoms with Gasteiger partial charge in [-0.15, -0.1) is 0 Å². The van der Waals surface area contributed by atoms with Gasteiger partial charge < -0.3 is 10.4 Å². The zero-order valence-electron chi connectivity index (χ0n) is 12.9. The Bertz CT molecular complexity index is 539. The van der Waals surface area contributed by atoms with E-state index in [9.17, 15) is 23.1 Å². The largest absolute Gasteiger partial charge is 0.480 e. The number of sulfonamides is 1. The van der Waals surface area contributed by atoms with Crippen LogP contribution in [0.15, 0.2) is 0 Å². The average Bonchev–Trinajstić information content (AvgIpc) is 2.47. The molecule has 2 N–H and O–H groups in total. The highest BCUT2D eigenvalue weighted by Crippen LogP contribution is 2.29. The van der Waals surface area contributed by atoms with Crippen molar-refractivity contribution in [3.05, 3.63) is 0 Å². The molecule has 1 aliphatic heterocycles. The molecule has 2 aliphatic rings. The molecule has 2 rings (SSSR count). The predicted octanol–water partition coefficient (Wildman–Crippen LogP) is 0.562. The van der Waals surface area contributed by atoms with Crippen LogP contribution in [-0.4, -0.2) is 54.6 Å². The third kappa shape index (κ3) is 3.78. The monoisotopic (exact) mass is 332 g/mol. The lowest BCUT2D eigenvalue weighted by Crippen LogP contribution is -2.58. The molecule has 2 fully saturated rings. The van der Waals surface area contributed by atoms with Crippen molar-refractivity contribution in [1.82, 2.24) is 9.62 Å². The Balaban J connectivity index is 2.05. The summed E-state index contributed by atoms with van der Waals surface area (Å²) in [6.07, 6.45) is 5.77. The number of carbonyl (C=O) groups is 2. The van der Waals surface area contributed by atoms with Crippen molar-refractivity contribution in [3.63, 3.8) is 0 Å². The van der Waals surface area contributed by atoms with Gasteiger partial charge in [0.25, 0.3) is 0 Å². The van der Waals surface area contributed by atoms with Crippen LogP contribution < -0.4 is 5.32 Å². The van der Waals surface area contributed by atoms with Crippen LogP contribution in [0.25, 0.3) is 0 Å². The number of aliphatic carboxylic acids is 1. The Labute approximate surface area is 131 Å². The maximum absolute atomic E-state index is 12.5. The number of rotatable bonds is 4. The zero-order chi connectivity index (χ0) is 16.4. The fourth-order valence-corrected chi connectivity index (χ4v) is 4.25. The Morgan fingerprint density at radius 3 is 2.36 bits per heavy atom. The van der Waals surface area contributed by atoms with Crippen molar-refractivity contribution < 1.29 is 23.1 Å². The Kier molecular flexibility index (Phi) is 5.11. The van der Waals surface area contributed by atoms with E-state index in [4.69, 9.17) is 0 Å². The van der Waals surface area contributed by atoms with Crippen LogP contribution in [0.1, 0.15) is 44.9 Å². The first-order chi connectivity index (χ1) is 10.2. The lowest BCUT2D eigenvalue weighted by molar-refractivity contribution is -0.150. The molecule has 8 heteroatoms. The van der Waals surface area contributed by atoms with E-state index in [0.29, 0.717) is 32.2 Å². The summed E-state index contributed by atoms with van der Waals surface area (Å²) in [6.45, 7) is 0.563. The molecule has 0 aromatic heterocycles. The minimum Gasteiger partial charge on any atom is -0.480 e. The molecule has 22 heavy (non-hydrogen) atoms. The van der Waals surface area contributed by atoms with Crippen LogP contribution in [0.3, 0.4) is 0 Å². The van der Waals surface area contributed by atoms with Crippen LogP contribution in [0, 0.1) is 5.92 Å². The molecule has 7 nitrogen and oxygen atoms in total. The first kappa shape index (κ1) is 17.2. The summed E-state index contributed by atoms with van der Waals surface area (Å²) in [5.74, 6) is -1.80. The average molecular weight is 332 g/mol. The first-order valence-corrected chi connectivity index (χ1v) is 9.60. The molecule has 1 amide bonds. The van der Waals surface area contributed by atoms with Crippen molar-refractivity contribution in [2.24, 2.45) is 5.92 Å². The van der Waals surface area contributed by atoms with Gasteiger partial charge in [-0.05, 0) is 25.7 Å². The van der Waals surface area contributed by atoms with E-state index in [1.54, 1.807) is 0 Å². The second-order valence-electron chi connectivity index (χ2n) is 6.40. The molecule has 1 saturated heterocycles. The SMILES string of the molecule is CS(=O)(=O)N1CCC[C@H](C(=O)NC2(C(=O)O)CCCCC2)C1. The molecule has 0 aromatic rings. The standard InChI is InChI=1S/C14H24N2O5S/c1-22(20,21)16-9-5-6-11(10-16)12(17)15-14(13(18)19)7-3-2-4-8-14/h11H,2-10H2,1H3,(H,15,17)(H,18,19)/t11-/m0/s1. The van der Waals surface area contributed by atoms with Gasteiger partial charge in [0, 0.05) is 13.1 Å². The van der Waals surface area contributed by atoms with Gasteiger partial charge in [0.1, 0.15) is 5.54 Å².